The van der Waals surface area contributed by atoms with Crippen molar-refractivity contribution in [3.05, 3.63) is 69.2 Å². The van der Waals surface area contributed by atoms with E-state index in [1.54, 1.807) is 4.90 Å². The maximum absolute atomic E-state index is 12.3. The molecular formula is C19H18ClN3O5. The lowest BCUT2D eigenvalue weighted by Gasteiger charge is -2.36. The van der Waals surface area contributed by atoms with Crippen molar-refractivity contribution < 1.29 is 19.2 Å². The number of ether oxygens (including phenoxy) is 1. The van der Waals surface area contributed by atoms with Crippen LogP contribution in [0.3, 0.4) is 0 Å². The number of carbonyl (C=O) groups is 2. The third-order valence-electron chi connectivity index (χ3n) is 4.46. The molecule has 28 heavy (non-hydrogen) atoms. The van der Waals surface area contributed by atoms with Gasteiger partial charge in [0.2, 0.25) is 0 Å². The van der Waals surface area contributed by atoms with Crippen LogP contribution in [0.1, 0.15) is 10.4 Å². The number of hydrogen-bond acceptors (Lipinski definition) is 6. The van der Waals surface area contributed by atoms with Gasteiger partial charge in [-0.15, -0.1) is 0 Å². The van der Waals surface area contributed by atoms with E-state index in [-0.39, 0.29) is 16.5 Å². The summed E-state index contributed by atoms with van der Waals surface area (Å²) in [5.41, 5.74) is 0.397. The first kappa shape index (κ1) is 19.6. The normalized spacial score (nSPS) is 13.9. The summed E-state index contributed by atoms with van der Waals surface area (Å²) in [7, 11) is 0. The summed E-state index contributed by atoms with van der Waals surface area (Å²) >= 11 is 5.73. The highest BCUT2D eigenvalue weighted by atomic mass is 35.5. The molecule has 0 spiro atoms. The molecule has 0 aliphatic carbocycles. The van der Waals surface area contributed by atoms with Gasteiger partial charge in [0.25, 0.3) is 11.6 Å². The zero-order valence-electron chi connectivity index (χ0n) is 14.9. The zero-order valence-corrected chi connectivity index (χ0v) is 15.7. The maximum atomic E-state index is 12.3. The predicted octanol–water partition coefficient (Wildman–Crippen LogP) is 2.75. The Morgan fingerprint density at radius 2 is 1.75 bits per heavy atom. The van der Waals surface area contributed by atoms with E-state index in [1.807, 2.05) is 30.3 Å². The van der Waals surface area contributed by atoms with Crippen molar-refractivity contribution in [2.75, 3.05) is 37.7 Å². The van der Waals surface area contributed by atoms with Gasteiger partial charge in [-0.1, -0.05) is 29.8 Å². The Hall–Kier alpha value is -3.13. The molecule has 3 rings (SSSR count). The molecule has 0 N–H and O–H groups in total. The molecule has 0 unspecified atom stereocenters. The molecule has 1 fully saturated rings. The van der Waals surface area contributed by atoms with E-state index in [4.69, 9.17) is 16.3 Å². The quantitative estimate of drug-likeness (QED) is 0.433. The number of nitro benzene ring substituents is 1. The average Bonchev–Trinajstić information content (AvgIpc) is 2.72. The molecule has 1 amide bonds. The third kappa shape index (κ3) is 4.58. The van der Waals surface area contributed by atoms with E-state index < -0.39 is 23.2 Å². The summed E-state index contributed by atoms with van der Waals surface area (Å²) in [6, 6.07) is 13.5. The monoisotopic (exact) mass is 403 g/mol. The number of nitro groups is 1. The van der Waals surface area contributed by atoms with E-state index in [1.165, 1.54) is 12.1 Å². The molecule has 2 aromatic rings. The van der Waals surface area contributed by atoms with Crippen LogP contribution >= 0.6 is 11.6 Å². The van der Waals surface area contributed by atoms with Crippen molar-refractivity contribution in [3.63, 3.8) is 0 Å². The van der Waals surface area contributed by atoms with Crippen LogP contribution in [0, 0.1) is 10.1 Å². The fourth-order valence-electron chi connectivity index (χ4n) is 2.98. The number of piperazine rings is 1. The van der Waals surface area contributed by atoms with Gasteiger partial charge in [-0.2, -0.15) is 0 Å². The number of nitrogens with zero attached hydrogens (tertiary/aromatic N) is 3. The van der Waals surface area contributed by atoms with Gasteiger partial charge in [-0.3, -0.25) is 14.9 Å². The van der Waals surface area contributed by atoms with E-state index in [2.05, 4.69) is 4.90 Å². The van der Waals surface area contributed by atoms with Gasteiger partial charge in [-0.05, 0) is 24.3 Å². The van der Waals surface area contributed by atoms with Gasteiger partial charge < -0.3 is 14.5 Å². The fourth-order valence-corrected chi connectivity index (χ4v) is 3.14. The van der Waals surface area contributed by atoms with E-state index in [0.29, 0.717) is 26.2 Å². The van der Waals surface area contributed by atoms with Gasteiger partial charge in [0.05, 0.1) is 4.92 Å². The van der Waals surface area contributed by atoms with Gasteiger partial charge in [0, 0.05) is 43.0 Å². The molecule has 0 radical (unpaired) electrons. The number of anilines is 1. The number of esters is 1. The Morgan fingerprint density at radius 3 is 2.39 bits per heavy atom. The molecule has 1 aliphatic rings. The molecule has 2 aromatic carbocycles. The Labute approximate surface area is 166 Å². The molecule has 0 atom stereocenters. The second-order valence-electron chi connectivity index (χ2n) is 6.20. The van der Waals surface area contributed by atoms with E-state index in [9.17, 15) is 19.7 Å². The van der Waals surface area contributed by atoms with Crippen LogP contribution in [-0.2, 0) is 9.53 Å². The second kappa shape index (κ2) is 8.71. The van der Waals surface area contributed by atoms with Crippen molar-refractivity contribution >= 4 is 34.9 Å². The van der Waals surface area contributed by atoms with Crippen LogP contribution in [0.4, 0.5) is 11.4 Å². The van der Waals surface area contributed by atoms with Crippen LogP contribution in [0.15, 0.2) is 48.5 Å². The molecule has 1 heterocycles. The standard InChI is InChI=1S/C19H18ClN3O5/c20-14-6-7-16(17(12-14)23(26)27)19(25)28-13-18(24)22-10-8-21(9-11-22)15-4-2-1-3-5-15/h1-7,12H,8-11,13H2. The van der Waals surface area contributed by atoms with Crippen LogP contribution in [0.5, 0.6) is 0 Å². The maximum Gasteiger partial charge on any atom is 0.345 e. The zero-order chi connectivity index (χ0) is 20.1. The number of carbonyl (C=O) groups excluding carboxylic acids is 2. The summed E-state index contributed by atoms with van der Waals surface area (Å²) in [5, 5.41) is 11.2. The molecule has 0 aromatic heterocycles. The molecule has 146 valence electrons. The lowest BCUT2D eigenvalue weighted by atomic mass is 10.2. The third-order valence-corrected chi connectivity index (χ3v) is 4.69. The Balaban J connectivity index is 1.54. The van der Waals surface area contributed by atoms with Crippen molar-refractivity contribution in [1.82, 2.24) is 4.90 Å². The minimum absolute atomic E-state index is 0.135. The number of rotatable bonds is 5. The van der Waals surface area contributed by atoms with Crippen LogP contribution in [0.2, 0.25) is 5.02 Å². The van der Waals surface area contributed by atoms with Crippen molar-refractivity contribution in [2.24, 2.45) is 0 Å². The van der Waals surface area contributed by atoms with Crippen molar-refractivity contribution in [1.29, 1.82) is 0 Å². The molecule has 1 aliphatic heterocycles. The lowest BCUT2D eigenvalue weighted by Crippen LogP contribution is -2.49. The summed E-state index contributed by atoms with van der Waals surface area (Å²) in [5.74, 6) is -1.27. The van der Waals surface area contributed by atoms with E-state index in [0.717, 1.165) is 11.8 Å². The van der Waals surface area contributed by atoms with Gasteiger partial charge in [0.15, 0.2) is 6.61 Å². The average molecular weight is 404 g/mol. The van der Waals surface area contributed by atoms with Crippen LogP contribution < -0.4 is 4.90 Å². The topological polar surface area (TPSA) is 93.0 Å². The van der Waals surface area contributed by atoms with E-state index >= 15 is 0 Å². The van der Waals surface area contributed by atoms with Gasteiger partial charge >= 0.3 is 5.97 Å². The smallest absolute Gasteiger partial charge is 0.345 e. The highest BCUT2D eigenvalue weighted by Crippen LogP contribution is 2.24. The van der Waals surface area contributed by atoms with Crippen molar-refractivity contribution in [2.45, 2.75) is 0 Å². The molecule has 9 heteroatoms. The van der Waals surface area contributed by atoms with Gasteiger partial charge in [0.1, 0.15) is 5.56 Å². The fraction of sp³-hybridized carbons (Fsp3) is 0.263. The second-order valence-corrected chi connectivity index (χ2v) is 6.63. The lowest BCUT2D eigenvalue weighted by molar-refractivity contribution is -0.385. The summed E-state index contributed by atoms with van der Waals surface area (Å²) in [6.45, 7) is 1.89. The number of para-hydroxylation sites is 1. The summed E-state index contributed by atoms with van der Waals surface area (Å²) in [6.07, 6.45) is 0. The molecular weight excluding hydrogens is 386 g/mol. The number of halogens is 1. The minimum Gasteiger partial charge on any atom is -0.452 e. The highest BCUT2D eigenvalue weighted by Gasteiger charge is 2.25. The first-order valence-electron chi connectivity index (χ1n) is 8.64. The largest absolute Gasteiger partial charge is 0.452 e. The minimum atomic E-state index is -0.931. The Morgan fingerprint density at radius 1 is 1.07 bits per heavy atom. The van der Waals surface area contributed by atoms with Crippen LogP contribution in [0.25, 0.3) is 0 Å². The number of benzene rings is 2. The van der Waals surface area contributed by atoms with Gasteiger partial charge in [-0.25, -0.2) is 4.79 Å². The molecule has 0 bridgehead atoms. The van der Waals surface area contributed by atoms with Crippen LogP contribution in [-0.4, -0.2) is 54.5 Å². The SMILES string of the molecule is O=C(OCC(=O)N1CCN(c2ccccc2)CC1)c1ccc(Cl)cc1[N+](=O)[O-]. The number of amides is 1. The first-order chi connectivity index (χ1) is 13.5. The summed E-state index contributed by atoms with van der Waals surface area (Å²) < 4.78 is 4.99. The Kier molecular flexibility index (Phi) is 6.10. The Bertz CT molecular complexity index is 882. The first-order valence-corrected chi connectivity index (χ1v) is 9.02. The molecule has 8 nitrogen and oxygen atoms in total. The van der Waals surface area contributed by atoms with Crippen molar-refractivity contribution in [3.8, 4) is 0 Å². The highest BCUT2D eigenvalue weighted by molar-refractivity contribution is 6.31. The predicted molar refractivity (Wildman–Crippen MR) is 104 cm³/mol. The summed E-state index contributed by atoms with van der Waals surface area (Å²) in [4.78, 5) is 38.6. The number of hydrogen-bond donors (Lipinski definition) is 0. The molecule has 1 saturated heterocycles. The molecule has 0 saturated carbocycles.